The van der Waals surface area contributed by atoms with Gasteiger partial charge in [-0.2, -0.15) is 5.10 Å². The second kappa shape index (κ2) is 8.66. The first-order valence-electron chi connectivity index (χ1n) is 8.96. The van der Waals surface area contributed by atoms with E-state index >= 15 is 0 Å². The number of hydrogen-bond acceptors (Lipinski definition) is 5. The molecule has 0 spiro atoms. The minimum atomic E-state index is -0.479. The molecular formula is C18H21ClFN5O3. The van der Waals surface area contributed by atoms with Gasteiger partial charge in [-0.05, 0) is 24.6 Å². The van der Waals surface area contributed by atoms with Gasteiger partial charge in [-0.25, -0.2) is 4.39 Å². The fraction of sp³-hybridized carbons (Fsp3) is 0.444. The molecule has 1 aromatic carbocycles. The Hall–Kier alpha value is -2.52. The van der Waals surface area contributed by atoms with E-state index in [1.54, 1.807) is 17.9 Å². The highest BCUT2D eigenvalue weighted by Gasteiger charge is 2.22. The SMILES string of the molecule is Cc1c([N+](=O)[O-])cnn1CCC(=O)N1CCN(Cc2ccc(F)cc2Cl)CC1. The molecule has 0 radical (unpaired) electrons. The minimum absolute atomic E-state index is 0.00276. The first kappa shape index (κ1) is 20.2. The second-order valence-corrected chi connectivity index (χ2v) is 7.15. The third kappa shape index (κ3) is 4.66. The molecule has 1 aliphatic rings. The fourth-order valence-corrected chi connectivity index (χ4v) is 3.47. The van der Waals surface area contributed by atoms with E-state index in [1.807, 2.05) is 0 Å². The van der Waals surface area contributed by atoms with Crippen LogP contribution in [0.4, 0.5) is 10.1 Å². The van der Waals surface area contributed by atoms with Gasteiger partial charge in [-0.3, -0.25) is 24.5 Å². The molecule has 0 bridgehead atoms. The van der Waals surface area contributed by atoms with Crippen LogP contribution in [0.1, 0.15) is 17.7 Å². The maximum atomic E-state index is 13.1. The van der Waals surface area contributed by atoms with E-state index in [0.29, 0.717) is 50.0 Å². The first-order valence-corrected chi connectivity index (χ1v) is 9.34. The molecule has 1 fully saturated rings. The average molecular weight is 410 g/mol. The van der Waals surface area contributed by atoms with Crippen molar-refractivity contribution >= 4 is 23.2 Å². The molecule has 150 valence electrons. The van der Waals surface area contributed by atoms with Crippen LogP contribution >= 0.6 is 11.6 Å². The number of rotatable bonds is 6. The van der Waals surface area contributed by atoms with Crippen LogP contribution in [-0.2, 0) is 17.9 Å². The zero-order valence-corrected chi connectivity index (χ0v) is 16.2. The van der Waals surface area contributed by atoms with Crippen molar-refractivity contribution in [3.63, 3.8) is 0 Å². The highest BCUT2D eigenvalue weighted by atomic mass is 35.5. The van der Waals surface area contributed by atoms with E-state index in [1.165, 1.54) is 23.0 Å². The predicted octanol–water partition coefficient (Wildman–Crippen LogP) is 2.63. The molecule has 8 nitrogen and oxygen atoms in total. The quantitative estimate of drug-likeness (QED) is 0.541. The number of carbonyl (C=O) groups is 1. The minimum Gasteiger partial charge on any atom is -0.340 e. The van der Waals surface area contributed by atoms with Gasteiger partial charge in [0.1, 0.15) is 17.7 Å². The Morgan fingerprint density at radius 2 is 2.04 bits per heavy atom. The summed E-state index contributed by atoms with van der Waals surface area (Å²) in [5.41, 5.74) is 1.26. The molecular weight excluding hydrogens is 389 g/mol. The summed E-state index contributed by atoms with van der Waals surface area (Å²) in [7, 11) is 0. The largest absolute Gasteiger partial charge is 0.340 e. The third-order valence-electron chi connectivity index (χ3n) is 4.95. The van der Waals surface area contributed by atoms with Crippen molar-refractivity contribution in [1.29, 1.82) is 0 Å². The van der Waals surface area contributed by atoms with E-state index in [0.717, 1.165) is 5.56 Å². The lowest BCUT2D eigenvalue weighted by molar-refractivity contribution is -0.385. The van der Waals surface area contributed by atoms with Gasteiger partial charge in [0, 0.05) is 44.2 Å². The summed E-state index contributed by atoms with van der Waals surface area (Å²) in [5, 5.41) is 15.3. The summed E-state index contributed by atoms with van der Waals surface area (Å²) in [6, 6.07) is 4.38. The highest BCUT2D eigenvalue weighted by Crippen LogP contribution is 2.20. The molecule has 1 aliphatic heterocycles. The Morgan fingerprint density at radius 1 is 1.32 bits per heavy atom. The number of hydrogen-bond donors (Lipinski definition) is 0. The van der Waals surface area contributed by atoms with Crippen LogP contribution in [-0.4, -0.2) is 56.6 Å². The number of nitro groups is 1. The summed E-state index contributed by atoms with van der Waals surface area (Å²) in [5.74, 6) is -0.362. The molecule has 1 amide bonds. The molecule has 10 heteroatoms. The molecule has 0 atom stereocenters. The molecule has 28 heavy (non-hydrogen) atoms. The molecule has 0 N–H and O–H groups in total. The second-order valence-electron chi connectivity index (χ2n) is 6.74. The Labute approximate surface area is 166 Å². The van der Waals surface area contributed by atoms with Gasteiger partial charge >= 0.3 is 5.69 Å². The molecule has 0 saturated carbocycles. The van der Waals surface area contributed by atoms with Gasteiger partial charge in [-0.15, -0.1) is 0 Å². The number of aromatic nitrogens is 2. The summed E-state index contributed by atoms with van der Waals surface area (Å²) in [6.45, 7) is 5.12. The van der Waals surface area contributed by atoms with Crippen LogP contribution in [0, 0.1) is 22.9 Å². The number of nitrogens with zero attached hydrogens (tertiary/aromatic N) is 5. The third-order valence-corrected chi connectivity index (χ3v) is 5.30. The number of aryl methyl sites for hydroxylation is 1. The lowest BCUT2D eigenvalue weighted by atomic mass is 10.2. The summed E-state index contributed by atoms with van der Waals surface area (Å²) in [4.78, 5) is 26.8. The summed E-state index contributed by atoms with van der Waals surface area (Å²) < 4.78 is 14.6. The summed E-state index contributed by atoms with van der Waals surface area (Å²) in [6.07, 6.45) is 1.45. The Morgan fingerprint density at radius 3 is 2.64 bits per heavy atom. The van der Waals surface area contributed by atoms with E-state index in [2.05, 4.69) is 10.00 Å². The van der Waals surface area contributed by atoms with Gasteiger partial charge in [0.2, 0.25) is 5.91 Å². The number of halogens is 2. The van der Waals surface area contributed by atoms with Gasteiger partial charge < -0.3 is 4.90 Å². The number of piperazine rings is 1. The first-order chi connectivity index (χ1) is 13.3. The van der Waals surface area contributed by atoms with E-state index < -0.39 is 4.92 Å². The van der Waals surface area contributed by atoms with Crippen molar-refractivity contribution in [3.8, 4) is 0 Å². The van der Waals surface area contributed by atoms with Gasteiger partial charge in [-0.1, -0.05) is 17.7 Å². The van der Waals surface area contributed by atoms with E-state index in [9.17, 15) is 19.3 Å². The van der Waals surface area contributed by atoms with Crippen molar-refractivity contribution in [3.05, 3.63) is 56.6 Å². The molecule has 1 aromatic heterocycles. The monoisotopic (exact) mass is 409 g/mol. The van der Waals surface area contributed by atoms with Crippen LogP contribution in [0.15, 0.2) is 24.4 Å². The van der Waals surface area contributed by atoms with Crippen molar-refractivity contribution in [2.24, 2.45) is 0 Å². The van der Waals surface area contributed by atoms with Crippen molar-refractivity contribution in [2.45, 2.75) is 26.4 Å². The zero-order chi connectivity index (χ0) is 20.3. The molecule has 2 aromatic rings. The molecule has 0 aliphatic carbocycles. The molecule has 0 unspecified atom stereocenters. The Balaban J connectivity index is 1.48. The van der Waals surface area contributed by atoms with Crippen LogP contribution in [0.25, 0.3) is 0 Å². The molecule has 2 heterocycles. The van der Waals surface area contributed by atoms with E-state index in [4.69, 9.17) is 11.6 Å². The standard InChI is InChI=1S/C18H21ClFN5O3/c1-13-17(25(27)28)11-21-24(13)5-4-18(26)23-8-6-22(7-9-23)12-14-2-3-15(20)10-16(14)19/h2-3,10-11H,4-9,12H2,1H3. The van der Waals surface area contributed by atoms with Crippen LogP contribution in [0.3, 0.4) is 0 Å². The van der Waals surface area contributed by atoms with Gasteiger partial charge in [0.25, 0.3) is 0 Å². The van der Waals surface area contributed by atoms with Crippen molar-refractivity contribution in [2.75, 3.05) is 26.2 Å². The van der Waals surface area contributed by atoms with Crippen molar-refractivity contribution < 1.29 is 14.1 Å². The number of benzene rings is 1. The maximum Gasteiger partial charge on any atom is 0.309 e. The Bertz CT molecular complexity index is 880. The smallest absolute Gasteiger partial charge is 0.309 e. The zero-order valence-electron chi connectivity index (χ0n) is 15.5. The lowest BCUT2D eigenvalue weighted by Crippen LogP contribution is -2.48. The number of amides is 1. The van der Waals surface area contributed by atoms with Crippen LogP contribution in [0.2, 0.25) is 5.02 Å². The molecule has 1 saturated heterocycles. The Kier molecular flexibility index (Phi) is 6.25. The maximum absolute atomic E-state index is 13.1. The fourth-order valence-electron chi connectivity index (χ4n) is 3.25. The molecule has 3 rings (SSSR count). The summed E-state index contributed by atoms with van der Waals surface area (Å²) >= 11 is 6.08. The van der Waals surface area contributed by atoms with Gasteiger partial charge in [0.05, 0.1) is 11.5 Å². The van der Waals surface area contributed by atoms with E-state index in [-0.39, 0.29) is 23.8 Å². The highest BCUT2D eigenvalue weighted by molar-refractivity contribution is 6.31. The topological polar surface area (TPSA) is 84.5 Å². The lowest BCUT2D eigenvalue weighted by Gasteiger charge is -2.35. The van der Waals surface area contributed by atoms with Gasteiger partial charge in [0.15, 0.2) is 0 Å². The predicted molar refractivity (Wildman–Crippen MR) is 102 cm³/mol. The van der Waals surface area contributed by atoms with Crippen LogP contribution in [0.5, 0.6) is 0 Å². The number of carbonyl (C=O) groups excluding carboxylic acids is 1. The van der Waals surface area contributed by atoms with Crippen LogP contribution < -0.4 is 0 Å². The van der Waals surface area contributed by atoms with Crippen molar-refractivity contribution in [1.82, 2.24) is 19.6 Å². The normalized spacial score (nSPS) is 15.0. The average Bonchev–Trinajstić information content (AvgIpc) is 3.03.